The van der Waals surface area contributed by atoms with E-state index in [0.29, 0.717) is 6.54 Å². The van der Waals surface area contributed by atoms with E-state index in [1.807, 2.05) is 0 Å². The van der Waals surface area contributed by atoms with E-state index in [2.05, 4.69) is 38.1 Å². The zero-order chi connectivity index (χ0) is 13.9. The Hall–Kier alpha value is -0.860. The van der Waals surface area contributed by atoms with E-state index >= 15 is 0 Å². The average molecular weight is 261 g/mol. The Balaban J connectivity index is 2.23. The molecular formula is C17H27NO. The van der Waals surface area contributed by atoms with Crippen molar-refractivity contribution in [3.8, 4) is 0 Å². The van der Waals surface area contributed by atoms with Crippen LogP contribution in [0.5, 0.6) is 0 Å². The van der Waals surface area contributed by atoms with Gasteiger partial charge in [-0.1, -0.05) is 49.6 Å². The second-order valence-electron chi connectivity index (χ2n) is 6.12. The highest BCUT2D eigenvalue weighted by atomic mass is 16.3. The standard InChI is InChI=1S/C17H27NO/c1-3-17(10-4-5-11-17)16(19)15(12-18)14-8-6-13(2)7-9-14/h6-9,15-16,19H,3-5,10-12,18H2,1-2H3. The predicted octanol–water partition coefficient (Wildman–Crippen LogP) is 3.37. The molecule has 2 heteroatoms. The van der Waals surface area contributed by atoms with E-state index in [-0.39, 0.29) is 17.4 Å². The van der Waals surface area contributed by atoms with Gasteiger partial charge in [0.2, 0.25) is 0 Å². The van der Waals surface area contributed by atoms with Gasteiger partial charge in [0, 0.05) is 12.5 Å². The third-order valence-corrected chi connectivity index (χ3v) is 5.07. The van der Waals surface area contributed by atoms with Gasteiger partial charge in [-0.25, -0.2) is 0 Å². The summed E-state index contributed by atoms with van der Waals surface area (Å²) in [5.41, 5.74) is 8.49. The van der Waals surface area contributed by atoms with Crippen LogP contribution < -0.4 is 5.73 Å². The zero-order valence-corrected chi connectivity index (χ0v) is 12.2. The summed E-state index contributed by atoms with van der Waals surface area (Å²) in [4.78, 5) is 0. The average Bonchev–Trinajstić information content (AvgIpc) is 2.91. The van der Waals surface area contributed by atoms with Gasteiger partial charge >= 0.3 is 0 Å². The lowest BCUT2D eigenvalue weighted by Crippen LogP contribution is -2.40. The fourth-order valence-electron chi connectivity index (χ4n) is 3.63. The van der Waals surface area contributed by atoms with Gasteiger partial charge in [-0.15, -0.1) is 0 Å². The van der Waals surface area contributed by atoms with Crippen molar-refractivity contribution in [3.05, 3.63) is 35.4 Å². The molecule has 1 fully saturated rings. The third kappa shape index (κ3) is 2.85. The molecule has 2 atom stereocenters. The highest BCUT2D eigenvalue weighted by molar-refractivity contribution is 5.26. The molecule has 19 heavy (non-hydrogen) atoms. The number of hydrogen-bond donors (Lipinski definition) is 2. The first-order valence-corrected chi connectivity index (χ1v) is 7.57. The van der Waals surface area contributed by atoms with Crippen LogP contribution in [0.1, 0.15) is 56.1 Å². The van der Waals surface area contributed by atoms with E-state index in [1.165, 1.54) is 24.0 Å². The topological polar surface area (TPSA) is 46.2 Å². The van der Waals surface area contributed by atoms with Gasteiger partial charge in [0.1, 0.15) is 0 Å². The van der Waals surface area contributed by atoms with E-state index in [0.717, 1.165) is 19.3 Å². The van der Waals surface area contributed by atoms with Crippen molar-refractivity contribution in [3.63, 3.8) is 0 Å². The van der Waals surface area contributed by atoms with Crippen molar-refractivity contribution in [2.24, 2.45) is 11.1 Å². The molecule has 0 aliphatic heterocycles. The maximum absolute atomic E-state index is 10.9. The van der Waals surface area contributed by atoms with Crippen LogP contribution in [0.25, 0.3) is 0 Å². The predicted molar refractivity (Wildman–Crippen MR) is 80.2 cm³/mol. The summed E-state index contributed by atoms with van der Waals surface area (Å²) < 4.78 is 0. The third-order valence-electron chi connectivity index (χ3n) is 5.07. The monoisotopic (exact) mass is 261 g/mol. The van der Waals surface area contributed by atoms with Gasteiger partial charge in [-0.3, -0.25) is 0 Å². The van der Waals surface area contributed by atoms with Crippen molar-refractivity contribution in [2.75, 3.05) is 6.54 Å². The minimum Gasteiger partial charge on any atom is -0.392 e. The number of aliphatic hydroxyl groups is 1. The van der Waals surface area contributed by atoms with Crippen molar-refractivity contribution < 1.29 is 5.11 Å². The Bertz CT molecular complexity index is 392. The Morgan fingerprint density at radius 1 is 1.21 bits per heavy atom. The molecule has 2 nitrogen and oxygen atoms in total. The Labute approximate surface area is 117 Å². The molecule has 2 rings (SSSR count). The quantitative estimate of drug-likeness (QED) is 0.853. The molecule has 1 aliphatic rings. The Morgan fingerprint density at radius 3 is 2.26 bits per heavy atom. The highest BCUT2D eigenvalue weighted by Gasteiger charge is 2.42. The summed E-state index contributed by atoms with van der Waals surface area (Å²) >= 11 is 0. The molecule has 0 radical (unpaired) electrons. The summed E-state index contributed by atoms with van der Waals surface area (Å²) in [7, 11) is 0. The molecular weight excluding hydrogens is 234 g/mol. The first-order chi connectivity index (χ1) is 9.13. The molecule has 0 amide bonds. The molecule has 0 saturated heterocycles. The molecule has 1 aromatic rings. The van der Waals surface area contributed by atoms with Crippen molar-refractivity contribution in [2.45, 2.75) is 58.0 Å². The van der Waals surface area contributed by atoms with Crippen molar-refractivity contribution in [1.82, 2.24) is 0 Å². The van der Waals surface area contributed by atoms with Crippen molar-refractivity contribution >= 4 is 0 Å². The van der Waals surface area contributed by atoms with Crippen LogP contribution in [0.3, 0.4) is 0 Å². The molecule has 1 aromatic carbocycles. The second kappa shape index (κ2) is 6.06. The molecule has 0 spiro atoms. The molecule has 106 valence electrons. The van der Waals surface area contributed by atoms with Crippen LogP contribution >= 0.6 is 0 Å². The largest absolute Gasteiger partial charge is 0.392 e. The number of aliphatic hydroxyl groups excluding tert-OH is 1. The van der Waals surface area contributed by atoms with Crippen LogP contribution in [0, 0.1) is 12.3 Å². The van der Waals surface area contributed by atoms with Crippen molar-refractivity contribution in [1.29, 1.82) is 0 Å². The Kier molecular flexibility index (Phi) is 4.64. The highest BCUT2D eigenvalue weighted by Crippen LogP contribution is 2.47. The number of rotatable bonds is 5. The SMILES string of the molecule is CCC1(C(O)C(CN)c2ccc(C)cc2)CCCC1. The maximum Gasteiger partial charge on any atom is 0.0676 e. The molecule has 2 unspecified atom stereocenters. The summed E-state index contributed by atoms with van der Waals surface area (Å²) in [6, 6.07) is 8.46. The first-order valence-electron chi connectivity index (χ1n) is 7.57. The lowest BCUT2D eigenvalue weighted by Gasteiger charge is -2.38. The first kappa shape index (κ1) is 14.5. The normalized spacial score (nSPS) is 21.3. The minimum absolute atomic E-state index is 0.0682. The van der Waals surface area contributed by atoms with Crippen LogP contribution in [-0.2, 0) is 0 Å². The van der Waals surface area contributed by atoms with E-state index in [9.17, 15) is 5.11 Å². The lowest BCUT2D eigenvalue weighted by molar-refractivity contribution is 0.00601. The second-order valence-corrected chi connectivity index (χ2v) is 6.12. The fourth-order valence-corrected chi connectivity index (χ4v) is 3.63. The molecule has 0 bridgehead atoms. The lowest BCUT2D eigenvalue weighted by atomic mass is 9.71. The summed E-state index contributed by atoms with van der Waals surface area (Å²) in [5, 5.41) is 10.9. The van der Waals surface area contributed by atoms with Crippen LogP contribution in [-0.4, -0.2) is 17.8 Å². The Morgan fingerprint density at radius 2 is 1.79 bits per heavy atom. The van der Waals surface area contributed by atoms with Gasteiger partial charge in [-0.2, -0.15) is 0 Å². The van der Waals surface area contributed by atoms with E-state index in [4.69, 9.17) is 5.73 Å². The summed E-state index contributed by atoms with van der Waals surface area (Å²) in [5.74, 6) is 0.0682. The number of hydrogen-bond acceptors (Lipinski definition) is 2. The smallest absolute Gasteiger partial charge is 0.0676 e. The molecule has 1 saturated carbocycles. The molecule has 3 N–H and O–H groups in total. The van der Waals surface area contributed by atoms with Crippen LogP contribution in [0.2, 0.25) is 0 Å². The van der Waals surface area contributed by atoms with Gasteiger partial charge < -0.3 is 10.8 Å². The van der Waals surface area contributed by atoms with Gasteiger partial charge in [0.25, 0.3) is 0 Å². The van der Waals surface area contributed by atoms with Crippen LogP contribution in [0.15, 0.2) is 24.3 Å². The zero-order valence-electron chi connectivity index (χ0n) is 12.2. The molecule has 0 aromatic heterocycles. The summed E-state index contributed by atoms with van der Waals surface area (Å²) in [6.07, 6.45) is 5.52. The van der Waals surface area contributed by atoms with E-state index < -0.39 is 0 Å². The fraction of sp³-hybridized carbons (Fsp3) is 0.647. The van der Waals surface area contributed by atoms with Gasteiger partial charge in [0.05, 0.1) is 6.10 Å². The van der Waals surface area contributed by atoms with Gasteiger partial charge in [0.15, 0.2) is 0 Å². The summed E-state index contributed by atoms with van der Waals surface area (Å²) in [6.45, 7) is 4.81. The number of aryl methyl sites for hydroxylation is 1. The minimum atomic E-state index is -0.312. The number of nitrogens with two attached hydrogens (primary N) is 1. The molecule has 0 heterocycles. The molecule has 1 aliphatic carbocycles. The van der Waals surface area contributed by atoms with Crippen LogP contribution in [0.4, 0.5) is 0 Å². The van der Waals surface area contributed by atoms with Gasteiger partial charge in [-0.05, 0) is 37.2 Å². The van der Waals surface area contributed by atoms with E-state index in [1.54, 1.807) is 0 Å². The number of benzene rings is 1. The maximum atomic E-state index is 10.9.